The fourth-order valence-corrected chi connectivity index (χ4v) is 3.94. The van der Waals surface area contributed by atoms with Crippen LogP contribution in [0.3, 0.4) is 0 Å². The third-order valence-corrected chi connectivity index (χ3v) is 4.91. The molecule has 0 radical (unpaired) electrons. The van der Waals surface area contributed by atoms with Gasteiger partial charge < -0.3 is 4.74 Å². The van der Waals surface area contributed by atoms with Crippen LogP contribution in [-0.2, 0) is 11.3 Å². The molecule has 8 heteroatoms. The van der Waals surface area contributed by atoms with Gasteiger partial charge in [0.15, 0.2) is 0 Å². The zero-order valence-electron chi connectivity index (χ0n) is 13.5. The van der Waals surface area contributed by atoms with Gasteiger partial charge in [-0.15, -0.1) is 16.4 Å². The van der Waals surface area contributed by atoms with Gasteiger partial charge in [0.05, 0.1) is 6.61 Å². The van der Waals surface area contributed by atoms with Gasteiger partial charge in [0, 0.05) is 18.2 Å². The predicted molar refractivity (Wildman–Crippen MR) is 93.7 cm³/mol. The summed E-state index contributed by atoms with van der Waals surface area (Å²) in [4.78, 5) is 18.0. The number of aryl methyl sites for hydroxylation is 1. The Balaban J connectivity index is 2.06. The number of fused-ring (bicyclic) bond motifs is 3. The highest BCUT2D eigenvalue weighted by Gasteiger charge is 2.18. The molecular formula is C17H13FN4O2S. The van der Waals surface area contributed by atoms with Crippen molar-refractivity contribution in [3.63, 3.8) is 0 Å². The van der Waals surface area contributed by atoms with Gasteiger partial charge in [0.2, 0.25) is 0 Å². The third kappa shape index (κ3) is 2.50. The summed E-state index contributed by atoms with van der Waals surface area (Å²) in [6, 6.07) is 7.87. The van der Waals surface area contributed by atoms with Crippen LogP contribution >= 0.6 is 11.3 Å². The fourth-order valence-electron chi connectivity index (χ4n) is 2.81. The average molecular weight is 356 g/mol. The van der Waals surface area contributed by atoms with Crippen molar-refractivity contribution in [3.05, 3.63) is 57.8 Å². The lowest BCUT2D eigenvalue weighted by molar-refractivity contribution is 0.186. The molecule has 0 saturated heterocycles. The van der Waals surface area contributed by atoms with Crippen LogP contribution in [0.4, 0.5) is 4.39 Å². The number of methoxy groups -OCH3 is 1. The Morgan fingerprint density at radius 2 is 2.12 bits per heavy atom. The van der Waals surface area contributed by atoms with Crippen LogP contribution in [0, 0.1) is 12.7 Å². The van der Waals surface area contributed by atoms with E-state index in [1.807, 2.05) is 13.0 Å². The van der Waals surface area contributed by atoms with E-state index in [-0.39, 0.29) is 5.69 Å². The maximum absolute atomic E-state index is 14.0. The highest BCUT2D eigenvalue weighted by molar-refractivity contribution is 7.25. The molecule has 0 saturated carbocycles. The van der Waals surface area contributed by atoms with Crippen LogP contribution in [0.5, 0.6) is 0 Å². The molecule has 0 aliphatic carbocycles. The number of thiophene rings is 1. The summed E-state index contributed by atoms with van der Waals surface area (Å²) in [6.07, 6.45) is 0. The van der Waals surface area contributed by atoms with E-state index < -0.39 is 11.4 Å². The minimum Gasteiger partial charge on any atom is -0.380 e. The Bertz CT molecular complexity index is 1170. The van der Waals surface area contributed by atoms with Crippen LogP contribution in [-0.4, -0.2) is 27.1 Å². The number of para-hydroxylation sites is 1. The molecule has 0 aliphatic rings. The molecule has 0 aliphatic heterocycles. The molecule has 4 aromatic rings. The number of halogens is 1. The van der Waals surface area contributed by atoms with E-state index >= 15 is 0 Å². The number of ether oxygens (including phenoxy) is 1. The maximum Gasteiger partial charge on any atom is 0.292 e. The Hall–Kier alpha value is -2.71. The molecule has 0 atom stereocenters. The van der Waals surface area contributed by atoms with Gasteiger partial charge in [-0.25, -0.2) is 9.37 Å². The van der Waals surface area contributed by atoms with Crippen LogP contribution in [0.1, 0.15) is 11.3 Å². The molecule has 1 aromatic carbocycles. The Morgan fingerprint density at radius 1 is 1.32 bits per heavy atom. The zero-order valence-corrected chi connectivity index (χ0v) is 14.3. The molecule has 0 amide bonds. The minimum absolute atomic E-state index is 0.0700. The van der Waals surface area contributed by atoms with E-state index in [2.05, 4.69) is 15.3 Å². The zero-order chi connectivity index (χ0) is 17.6. The monoisotopic (exact) mass is 356 g/mol. The molecule has 126 valence electrons. The highest BCUT2D eigenvalue weighted by Crippen LogP contribution is 2.32. The highest BCUT2D eigenvalue weighted by atomic mass is 32.1. The van der Waals surface area contributed by atoms with E-state index in [1.165, 1.54) is 23.5 Å². The molecule has 4 rings (SSSR count). The number of benzene rings is 1. The summed E-state index contributed by atoms with van der Waals surface area (Å²) in [7, 11) is 1.60. The van der Waals surface area contributed by atoms with Crippen molar-refractivity contribution in [2.75, 3.05) is 7.11 Å². The molecule has 3 aromatic heterocycles. The second-order valence-electron chi connectivity index (χ2n) is 5.57. The fraction of sp³-hybridized carbons (Fsp3) is 0.176. The van der Waals surface area contributed by atoms with E-state index in [0.29, 0.717) is 21.7 Å². The van der Waals surface area contributed by atoms with Crippen molar-refractivity contribution < 1.29 is 9.13 Å². The maximum atomic E-state index is 14.0. The van der Waals surface area contributed by atoms with Gasteiger partial charge in [-0.3, -0.25) is 4.79 Å². The molecule has 0 unspecified atom stereocenters. The van der Waals surface area contributed by atoms with E-state index in [1.54, 1.807) is 19.2 Å². The van der Waals surface area contributed by atoms with Crippen LogP contribution in [0.15, 0.2) is 35.1 Å². The van der Waals surface area contributed by atoms with Crippen molar-refractivity contribution in [2.24, 2.45) is 0 Å². The normalized spacial score (nSPS) is 11.5. The summed E-state index contributed by atoms with van der Waals surface area (Å²) in [5.41, 5.74) is 1.85. The lowest BCUT2D eigenvalue weighted by atomic mass is 10.1. The Labute approximate surface area is 145 Å². The minimum atomic E-state index is -0.534. The van der Waals surface area contributed by atoms with Crippen LogP contribution < -0.4 is 5.56 Å². The first-order chi connectivity index (χ1) is 12.1. The number of hydrogen-bond acceptors (Lipinski definition) is 6. The molecule has 0 spiro atoms. The second-order valence-corrected chi connectivity index (χ2v) is 6.57. The quantitative estimate of drug-likeness (QED) is 0.564. The summed E-state index contributed by atoms with van der Waals surface area (Å²) >= 11 is 1.23. The Kier molecular flexibility index (Phi) is 3.78. The largest absolute Gasteiger partial charge is 0.380 e. The first-order valence-electron chi connectivity index (χ1n) is 7.52. The molecule has 0 N–H and O–H groups in total. The summed E-state index contributed by atoms with van der Waals surface area (Å²) in [5, 5.41) is 8.88. The summed E-state index contributed by atoms with van der Waals surface area (Å²) < 4.78 is 20.6. The van der Waals surface area contributed by atoms with Gasteiger partial charge in [-0.05, 0) is 30.7 Å². The first kappa shape index (κ1) is 15.8. The topological polar surface area (TPSA) is 69.9 Å². The van der Waals surface area contributed by atoms with E-state index in [9.17, 15) is 9.18 Å². The summed E-state index contributed by atoms with van der Waals surface area (Å²) in [5.74, 6) is -0.534. The number of rotatable bonds is 3. The molecule has 6 nitrogen and oxygen atoms in total. The van der Waals surface area contributed by atoms with Crippen molar-refractivity contribution in [1.82, 2.24) is 20.0 Å². The molecular weight excluding hydrogens is 343 g/mol. The number of aromatic nitrogens is 4. The van der Waals surface area contributed by atoms with E-state index in [0.717, 1.165) is 21.3 Å². The number of pyridine rings is 1. The van der Waals surface area contributed by atoms with Crippen molar-refractivity contribution in [3.8, 4) is 5.69 Å². The summed E-state index contributed by atoms with van der Waals surface area (Å²) in [6.45, 7) is 2.26. The smallest absolute Gasteiger partial charge is 0.292 e. The van der Waals surface area contributed by atoms with Crippen LogP contribution in [0.2, 0.25) is 0 Å². The second kappa shape index (κ2) is 5.98. The third-order valence-electron chi connectivity index (χ3n) is 3.85. The van der Waals surface area contributed by atoms with Crippen molar-refractivity contribution >= 4 is 31.8 Å². The first-order valence-corrected chi connectivity index (χ1v) is 8.34. The lowest BCUT2D eigenvalue weighted by Gasteiger charge is -2.05. The standard InChI is InChI=1S/C17H13FN4O2S/c1-9-7-10(8-24-2)13-14-15(25-16(13)19-9)17(23)22(21-20-14)12-6-4-3-5-11(12)18/h3-7H,8H2,1-2H3. The van der Waals surface area contributed by atoms with Crippen LogP contribution in [0.25, 0.3) is 26.1 Å². The molecule has 25 heavy (non-hydrogen) atoms. The lowest BCUT2D eigenvalue weighted by Crippen LogP contribution is -2.22. The molecule has 3 heterocycles. The van der Waals surface area contributed by atoms with Crippen molar-refractivity contribution in [2.45, 2.75) is 13.5 Å². The Morgan fingerprint density at radius 3 is 2.88 bits per heavy atom. The van der Waals surface area contributed by atoms with Crippen molar-refractivity contribution in [1.29, 1.82) is 0 Å². The van der Waals surface area contributed by atoms with E-state index in [4.69, 9.17) is 4.74 Å². The van der Waals surface area contributed by atoms with Gasteiger partial charge in [0.25, 0.3) is 5.56 Å². The average Bonchev–Trinajstić information content (AvgIpc) is 2.96. The SMILES string of the molecule is COCc1cc(C)nc2sc3c(=O)n(-c4ccccc4F)nnc3c12. The van der Waals surface area contributed by atoms with Gasteiger partial charge >= 0.3 is 0 Å². The predicted octanol–water partition coefficient (Wildman–Crippen LogP) is 2.98. The molecule has 0 fully saturated rings. The van der Waals surface area contributed by atoms with Gasteiger partial charge in [0.1, 0.15) is 26.6 Å². The number of nitrogens with zero attached hydrogens (tertiary/aromatic N) is 4. The van der Waals surface area contributed by atoms with Gasteiger partial charge in [-0.1, -0.05) is 17.3 Å². The van der Waals surface area contributed by atoms with Gasteiger partial charge in [-0.2, -0.15) is 4.68 Å². The molecule has 0 bridgehead atoms. The number of hydrogen-bond donors (Lipinski definition) is 0.